The zero-order valence-corrected chi connectivity index (χ0v) is 25.2. The highest BCUT2D eigenvalue weighted by Gasteiger charge is 2.79. The number of nitrogens with two attached hydrogens (primary N) is 1. The molecule has 45 heavy (non-hydrogen) atoms. The summed E-state index contributed by atoms with van der Waals surface area (Å²) in [5.74, 6) is -1.82. The summed E-state index contributed by atoms with van der Waals surface area (Å²) in [5.41, 5.74) is 2.81. The Kier molecular flexibility index (Phi) is 6.76. The van der Waals surface area contributed by atoms with E-state index in [2.05, 4.69) is 5.32 Å². The second-order valence-electron chi connectivity index (χ2n) is 13.6. The van der Waals surface area contributed by atoms with Gasteiger partial charge in [-0.3, -0.25) is 14.4 Å². The zero-order valence-electron chi connectivity index (χ0n) is 25.2. The quantitative estimate of drug-likeness (QED) is 0.290. The van der Waals surface area contributed by atoms with Crippen LogP contribution < -0.4 is 11.1 Å². The van der Waals surface area contributed by atoms with Crippen molar-refractivity contribution in [2.45, 2.75) is 69.3 Å². The SMILES string of the molecule is C[C@]12C=CC(=[OH+])C=C1CC[C@H]1[C@@H]3C[C@H]4O[C@H](c5ccc(C(=O)Nc6cccc(N)c6)cc5)O[C@@]4(C(=O)CO)[C@@]3(C)C[C@H](O)[C@@]12F. The van der Waals surface area contributed by atoms with Crippen LogP contribution in [-0.4, -0.2) is 62.6 Å². The molecule has 0 unspecified atom stereocenters. The Morgan fingerprint density at radius 2 is 1.91 bits per heavy atom. The highest BCUT2D eigenvalue weighted by Crippen LogP contribution is 2.72. The second-order valence-corrected chi connectivity index (χ2v) is 13.6. The van der Waals surface area contributed by atoms with Gasteiger partial charge in [0.1, 0.15) is 6.61 Å². The molecule has 0 spiro atoms. The Bertz CT molecular complexity index is 1660. The molecule has 2 aromatic carbocycles. The molecule has 10 heteroatoms. The number of halogens is 1. The van der Waals surface area contributed by atoms with Crippen LogP contribution in [0.2, 0.25) is 0 Å². The van der Waals surface area contributed by atoms with Crippen LogP contribution in [0.1, 0.15) is 61.7 Å². The fourth-order valence-corrected chi connectivity index (χ4v) is 9.34. The molecule has 2 aromatic rings. The number of alkyl halides is 1. The number of ether oxygens (including phenoxy) is 2. The lowest BCUT2D eigenvalue weighted by Crippen LogP contribution is -2.69. The first-order chi connectivity index (χ1) is 21.4. The van der Waals surface area contributed by atoms with Gasteiger partial charge in [0, 0.05) is 51.4 Å². The summed E-state index contributed by atoms with van der Waals surface area (Å²) in [6, 6.07) is 13.5. The number of benzene rings is 2. The predicted molar refractivity (Wildman–Crippen MR) is 164 cm³/mol. The number of amides is 1. The van der Waals surface area contributed by atoms with Gasteiger partial charge in [0.2, 0.25) is 0 Å². The molecule has 6 N–H and O–H groups in total. The Labute approximate surface area is 260 Å². The number of aliphatic hydroxyl groups is 2. The van der Waals surface area contributed by atoms with E-state index < -0.39 is 58.9 Å². The molecule has 5 aliphatic rings. The third-order valence-electron chi connectivity index (χ3n) is 11.5. The number of hydrogen-bond donors (Lipinski definition) is 4. The Morgan fingerprint density at radius 1 is 1.16 bits per heavy atom. The summed E-state index contributed by atoms with van der Waals surface area (Å²) in [7, 11) is 0. The summed E-state index contributed by atoms with van der Waals surface area (Å²) in [6.45, 7) is 2.84. The molecule has 3 saturated carbocycles. The van der Waals surface area contributed by atoms with Crippen molar-refractivity contribution in [2.75, 3.05) is 17.7 Å². The van der Waals surface area contributed by atoms with Gasteiger partial charge in [-0.15, -0.1) is 0 Å². The van der Waals surface area contributed by atoms with E-state index in [9.17, 15) is 24.6 Å². The van der Waals surface area contributed by atoms with Crippen LogP contribution in [0.5, 0.6) is 0 Å². The van der Waals surface area contributed by atoms with Crippen molar-refractivity contribution in [1.29, 1.82) is 0 Å². The molecular weight excluding hydrogens is 579 g/mol. The predicted octanol–water partition coefficient (Wildman–Crippen LogP) is 4.19. The molecule has 1 aliphatic heterocycles. The monoisotopic (exact) mass is 617 g/mol. The summed E-state index contributed by atoms with van der Waals surface area (Å²) >= 11 is 0. The van der Waals surface area contributed by atoms with Crippen molar-refractivity contribution in [2.24, 2.45) is 22.7 Å². The maximum absolute atomic E-state index is 17.6. The highest BCUT2D eigenvalue weighted by atomic mass is 19.1. The third kappa shape index (κ3) is 4.02. The van der Waals surface area contributed by atoms with Crippen LogP contribution in [0.4, 0.5) is 15.8 Å². The molecule has 7 rings (SSSR count). The minimum Gasteiger partial charge on any atom is -0.399 e. The van der Waals surface area contributed by atoms with E-state index in [-0.39, 0.29) is 24.0 Å². The number of carbonyl (C=O) groups excluding carboxylic acids is 3. The maximum atomic E-state index is 17.6. The van der Waals surface area contributed by atoms with E-state index in [0.29, 0.717) is 41.8 Å². The number of Topliss-reactive ketones (excluding diaryl/α,β-unsaturated/α-hetero) is 1. The first-order valence-electron chi connectivity index (χ1n) is 15.4. The molecule has 236 valence electrons. The van der Waals surface area contributed by atoms with Gasteiger partial charge in [0.05, 0.1) is 12.2 Å². The Hall–Kier alpha value is -3.70. The van der Waals surface area contributed by atoms with Crippen molar-refractivity contribution < 1.29 is 38.5 Å². The van der Waals surface area contributed by atoms with Crippen LogP contribution in [0.15, 0.2) is 72.3 Å². The molecule has 9 nitrogen and oxygen atoms in total. The summed E-state index contributed by atoms with van der Waals surface area (Å²) in [6.07, 6.45) is 2.76. The van der Waals surface area contributed by atoms with E-state index in [4.69, 9.17) is 15.2 Å². The van der Waals surface area contributed by atoms with Gasteiger partial charge in [-0.25, -0.2) is 4.39 Å². The number of anilines is 2. The lowest BCUT2D eigenvalue weighted by atomic mass is 9.44. The van der Waals surface area contributed by atoms with Gasteiger partial charge in [0.15, 0.2) is 23.3 Å². The van der Waals surface area contributed by atoms with Gasteiger partial charge in [-0.05, 0) is 74.4 Å². The number of fused-ring (bicyclic) bond motifs is 7. The van der Waals surface area contributed by atoms with Crippen LogP contribution in [-0.2, 0) is 14.3 Å². The number of aliphatic hydroxyl groups excluding tert-OH is 2. The zero-order chi connectivity index (χ0) is 31.9. The minimum absolute atomic E-state index is 0.0606. The standard InChI is InChI=1S/C35H37FN2O7/c1-32-13-12-24(40)14-21(32)10-11-25-26-16-29-35(28(42)18-39,33(26,2)17-27(41)34(25,32)36)45-31(44-29)20-8-6-19(7-9-20)30(43)38-23-5-3-4-22(37)15-23/h3-9,12-15,25-27,29,31,39,41H,10-11,16-18,37H2,1-2H3,(H,38,43)/p+1/t25-,26-,27-,29+,31-,32-,33-,34-,35+/m0/s1. The number of hydrogen-bond acceptors (Lipinski definition) is 7. The fourth-order valence-electron chi connectivity index (χ4n) is 9.34. The smallest absolute Gasteiger partial charge is 0.339 e. The van der Waals surface area contributed by atoms with E-state index in [1.165, 1.54) is 6.08 Å². The molecule has 4 fully saturated rings. The van der Waals surface area contributed by atoms with Crippen LogP contribution in [0, 0.1) is 22.7 Å². The Balaban J connectivity index is 1.17. The van der Waals surface area contributed by atoms with Crippen LogP contribution in [0.3, 0.4) is 0 Å². The van der Waals surface area contributed by atoms with Crippen molar-refractivity contribution in [1.82, 2.24) is 0 Å². The number of carbonyl (C=O) groups is 2. The highest BCUT2D eigenvalue weighted by molar-refractivity contribution is 6.04. The molecule has 0 bridgehead atoms. The number of ketones is 2. The van der Waals surface area contributed by atoms with Crippen molar-refractivity contribution in [3.8, 4) is 0 Å². The topological polar surface area (TPSA) is 153 Å². The molecule has 0 aromatic heterocycles. The molecule has 1 saturated heterocycles. The normalized spacial score (nSPS) is 39.7. The summed E-state index contributed by atoms with van der Waals surface area (Å²) in [5, 5.41) is 24.7. The minimum atomic E-state index is -2.04. The number of rotatable bonds is 5. The summed E-state index contributed by atoms with van der Waals surface area (Å²) < 4.78 is 30.5. The van der Waals surface area contributed by atoms with Crippen LogP contribution in [0.25, 0.3) is 0 Å². The molecule has 1 heterocycles. The molecule has 0 radical (unpaired) electrons. The molecule has 9 atom stereocenters. The largest absolute Gasteiger partial charge is 0.399 e. The van der Waals surface area contributed by atoms with Gasteiger partial charge in [-0.2, -0.15) is 0 Å². The lowest BCUT2D eigenvalue weighted by Gasteiger charge is -2.62. The summed E-state index contributed by atoms with van der Waals surface area (Å²) in [4.78, 5) is 36.7. The van der Waals surface area contributed by atoms with Gasteiger partial charge in [-0.1, -0.05) is 31.2 Å². The third-order valence-corrected chi connectivity index (χ3v) is 11.5. The average molecular weight is 618 g/mol. The van der Waals surface area contributed by atoms with Crippen molar-refractivity contribution >= 4 is 28.8 Å². The molecular formula is C35H38FN2O7+. The van der Waals surface area contributed by atoms with Gasteiger partial charge >= 0.3 is 5.78 Å². The number of nitrogens with one attached hydrogen (secondary N) is 1. The first kappa shape index (κ1) is 30.0. The Morgan fingerprint density at radius 3 is 2.62 bits per heavy atom. The van der Waals surface area contributed by atoms with E-state index in [1.807, 2.05) is 6.92 Å². The number of allylic oxidation sites excluding steroid dienone is 4. The second kappa shape index (κ2) is 10.2. The molecule has 1 amide bonds. The van der Waals surface area contributed by atoms with E-state index in [1.54, 1.807) is 67.6 Å². The number of nitrogen functional groups attached to an aromatic ring is 1. The first-order valence-corrected chi connectivity index (χ1v) is 15.4. The van der Waals surface area contributed by atoms with E-state index >= 15 is 4.39 Å². The van der Waals surface area contributed by atoms with Crippen molar-refractivity contribution in [3.63, 3.8) is 0 Å². The lowest BCUT2D eigenvalue weighted by molar-refractivity contribution is -0.231. The fraction of sp³-hybridized carbons (Fsp3) is 0.457. The maximum Gasteiger partial charge on any atom is 0.339 e. The van der Waals surface area contributed by atoms with Gasteiger partial charge < -0.3 is 30.7 Å². The van der Waals surface area contributed by atoms with Crippen molar-refractivity contribution in [3.05, 3.63) is 83.5 Å². The molecule has 4 aliphatic carbocycles. The average Bonchev–Trinajstić information content (AvgIpc) is 3.51. The van der Waals surface area contributed by atoms with E-state index in [0.717, 1.165) is 5.57 Å². The van der Waals surface area contributed by atoms with Crippen LogP contribution >= 0.6 is 0 Å². The van der Waals surface area contributed by atoms with Gasteiger partial charge in [0.25, 0.3) is 5.91 Å².